The smallest absolute Gasteiger partial charge is 0.251 e. The highest BCUT2D eigenvalue weighted by Gasteiger charge is 2.41. The lowest BCUT2D eigenvalue weighted by Crippen LogP contribution is -2.55. The molecule has 1 saturated carbocycles. The lowest BCUT2D eigenvalue weighted by atomic mass is 10.0. The first-order valence-electron chi connectivity index (χ1n) is 14.4. The van der Waals surface area contributed by atoms with E-state index in [1.54, 1.807) is 4.90 Å². The fraction of sp³-hybridized carbons (Fsp3) is 0.567. The number of likely N-dealkylation sites (tertiary alicyclic amines) is 1. The molecule has 2 amide bonds. The normalized spacial score (nSPS) is 22.7. The average Bonchev–Trinajstić information content (AvgIpc) is 3.61. The van der Waals surface area contributed by atoms with E-state index in [-0.39, 0.29) is 23.9 Å². The highest BCUT2D eigenvalue weighted by atomic mass is 16.2. The van der Waals surface area contributed by atoms with Gasteiger partial charge in [-0.2, -0.15) is 0 Å². The van der Waals surface area contributed by atoms with Crippen LogP contribution >= 0.6 is 0 Å². The number of nitrogens with zero attached hydrogens (tertiary/aromatic N) is 5. The predicted octanol–water partition coefficient (Wildman–Crippen LogP) is 4.10. The fourth-order valence-corrected chi connectivity index (χ4v) is 6.83. The van der Waals surface area contributed by atoms with E-state index in [0.717, 1.165) is 86.7 Å². The van der Waals surface area contributed by atoms with Crippen LogP contribution in [-0.2, 0) is 11.2 Å². The number of hydrogen-bond acceptors (Lipinski definition) is 6. The Bertz CT molecular complexity index is 1220. The van der Waals surface area contributed by atoms with Gasteiger partial charge in [0, 0.05) is 36.9 Å². The Kier molecular flexibility index (Phi) is 6.76. The molecule has 6 rings (SSSR count). The summed E-state index contributed by atoms with van der Waals surface area (Å²) in [7, 11) is 4.01. The maximum absolute atomic E-state index is 13.2. The van der Waals surface area contributed by atoms with Gasteiger partial charge in [0.1, 0.15) is 11.9 Å². The van der Waals surface area contributed by atoms with E-state index in [9.17, 15) is 9.59 Å². The molecule has 202 valence electrons. The molecular weight excluding hydrogens is 476 g/mol. The lowest BCUT2D eigenvalue weighted by molar-refractivity contribution is -0.120. The minimum absolute atomic E-state index is 0.0261. The Morgan fingerprint density at radius 1 is 1.00 bits per heavy atom. The number of fused-ring (bicyclic) bond motifs is 2. The molecule has 8 heteroatoms. The highest BCUT2D eigenvalue weighted by molar-refractivity contribution is 6.04. The summed E-state index contributed by atoms with van der Waals surface area (Å²) in [5.74, 6) is 2.04. The summed E-state index contributed by atoms with van der Waals surface area (Å²) in [5.41, 5.74) is 3.94. The van der Waals surface area contributed by atoms with Crippen LogP contribution in [0.3, 0.4) is 0 Å². The zero-order valence-electron chi connectivity index (χ0n) is 22.9. The van der Waals surface area contributed by atoms with Crippen molar-refractivity contribution in [2.45, 2.75) is 76.4 Å². The number of anilines is 4. The molecule has 2 aromatic rings. The molecule has 1 saturated heterocycles. The number of amides is 2. The first-order chi connectivity index (χ1) is 18.4. The number of aromatic nitrogens is 1. The fourth-order valence-electron chi connectivity index (χ4n) is 6.83. The van der Waals surface area contributed by atoms with Gasteiger partial charge in [-0.05, 0) is 94.6 Å². The molecule has 8 nitrogen and oxygen atoms in total. The van der Waals surface area contributed by atoms with Crippen molar-refractivity contribution < 1.29 is 9.59 Å². The van der Waals surface area contributed by atoms with Crippen LogP contribution in [0.25, 0.3) is 0 Å². The second-order valence-electron chi connectivity index (χ2n) is 11.5. The Morgan fingerprint density at radius 3 is 2.47 bits per heavy atom. The number of nitrogens with one attached hydrogen (secondary N) is 1. The third kappa shape index (κ3) is 4.42. The molecule has 0 bridgehead atoms. The van der Waals surface area contributed by atoms with Crippen LogP contribution < -0.4 is 20.0 Å². The first-order valence-corrected chi connectivity index (χ1v) is 14.4. The molecule has 4 heterocycles. The molecule has 38 heavy (non-hydrogen) atoms. The number of likely N-dealkylation sites (N-methyl/N-ethyl adjacent to an activating group) is 1. The maximum atomic E-state index is 13.2. The second kappa shape index (κ2) is 10.2. The summed E-state index contributed by atoms with van der Waals surface area (Å²) in [4.78, 5) is 40.1. The first kappa shape index (κ1) is 25.2. The number of hydrogen-bond donors (Lipinski definition) is 1. The Morgan fingerprint density at radius 2 is 1.74 bits per heavy atom. The molecule has 1 aliphatic carbocycles. The third-order valence-corrected chi connectivity index (χ3v) is 9.07. The van der Waals surface area contributed by atoms with Crippen LogP contribution in [0.2, 0.25) is 0 Å². The lowest BCUT2D eigenvalue weighted by Gasteiger charge is -2.44. The zero-order chi connectivity index (χ0) is 26.4. The van der Waals surface area contributed by atoms with Gasteiger partial charge in [0.2, 0.25) is 5.91 Å². The molecule has 0 unspecified atom stereocenters. The van der Waals surface area contributed by atoms with Crippen LogP contribution in [0.4, 0.5) is 23.0 Å². The summed E-state index contributed by atoms with van der Waals surface area (Å²) in [6, 6.07) is 10.6. The molecular formula is C30H40N6O2. The minimum Gasteiger partial charge on any atom is -0.349 e. The van der Waals surface area contributed by atoms with E-state index in [1.807, 2.05) is 19.2 Å². The van der Waals surface area contributed by atoms with Gasteiger partial charge in [0.05, 0.1) is 5.69 Å². The van der Waals surface area contributed by atoms with E-state index >= 15 is 0 Å². The van der Waals surface area contributed by atoms with Gasteiger partial charge in [-0.3, -0.25) is 9.59 Å². The van der Waals surface area contributed by atoms with Gasteiger partial charge in [-0.25, -0.2) is 4.98 Å². The van der Waals surface area contributed by atoms with E-state index in [0.29, 0.717) is 6.04 Å². The number of benzene rings is 1. The number of carbonyl (C=O) groups excluding carboxylic acids is 2. The third-order valence-electron chi connectivity index (χ3n) is 9.07. The van der Waals surface area contributed by atoms with Gasteiger partial charge in [0.25, 0.3) is 5.91 Å². The van der Waals surface area contributed by atoms with E-state index in [1.165, 1.54) is 18.4 Å². The SMILES string of the molecule is CC[C@@H]1C(=O)N(C)c2ccc(N3CCc4cc(C(=O)NC5CCN(C)CC5)ccc43)nc2N1C1CCCC1. The molecule has 0 radical (unpaired) electrons. The molecule has 1 atom stereocenters. The molecule has 1 aromatic heterocycles. The van der Waals surface area contributed by atoms with Gasteiger partial charge < -0.3 is 24.9 Å². The van der Waals surface area contributed by atoms with Crippen molar-refractivity contribution in [2.75, 3.05) is 48.4 Å². The minimum atomic E-state index is -0.158. The van der Waals surface area contributed by atoms with Gasteiger partial charge in [-0.1, -0.05) is 19.8 Å². The number of pyridine rings is 1. The van der Waals surface area contributed by atoms with Crippen molar-refractivity contribution >= 4 is 34.8 Å². The van der Waals surface area contributed by atoms with Crippen LogP contribution in [0.5, 0.6) is 0 Å². The van der Waals surface area contributed by atoms with Crippen LogP contribution in [0.1, 0.15) is 67.8 Å². The topological polar surface area (TPSA) is 72.0 Å². The van der Waals surface area contributed by atoms with Crippen molar-refractivity contribution in [3.05, 3.63) is 41.5 Å². The summed E-state index contributed by atoms with van der Waals surface area (Å²) in [6.45, 7) is 4.99. The van der Waals surface area contributed by atoms with Crippen molar-refractivity contribution in [1.29, 1.82) is 0 Å². The zero-order valence-corrected chi connectivity index (χ0v) is 22.9. The van der Waals surface area contributed by atoms with Crippen molar-refractivity contribution in [3.63, 3.8) is 0 Å². The Balaban J connectivity index is 1.26. The van der Waals surface area contributed by atoms with Crippen molar-refractivity contribution in [3.8, 4) is 0 Å². The monoisotopic (exact) mass is 516 g/mol. The number of carbonyl (C=O) groups is 2. The van der Waals surface area contributed by atoms with E-state index in [4.69, 9.17) is 4.98 Å². The Labute approximate surface area is 226 Å². The summed E-state index contributed by atoms with van der Waals surface area (Å²) in [5, 5.41) is 3.24. The van der Waals surface area contributed by atoms with Gasteiger partial charge in [0.15, 0.2) is 5.82 Å². The molecule has 4 aliphatic rings. The number of rotatable bonds is 5. The summed E-state index contributed by atoms with van der Waals surface area (Å²) in [6.07, 6.45) is 8.33. The second-order valence-corrected chi connectivity index (χ2v) is 11.5. The van der Waals surface area contributed by atoms with Crippen LogP contribution in [-0.4, -0.2) is 73.6 Å². The largest absolute Gasteiger partial charge is 0.349 e. The molecule has 1 aromatic carbocycles. The quantitative estimate of drug-likeness (QED) is 0.645. The van der Waals surface area contributed by atoms with Crippen LogP contribution in [0.15, 0.2) is 30.3 Å². The molecule has 1 N–H and O–H groups in total. The molecule has 3 aliphatic heterocycles. The van der Waals surface area contributed by atoms with Crippen molar-refractivity contribution in [2.24, 2.45) is 0 Å². The molecule has 2 fully saturated rings. The van der Waals surface area contributed by atoms with E-state index < -0.39 is 0 Å². The van der Waals surface area contributed by atoms with Gasteiger partial charge in [-0.15, -0.1) is 0 Å². The van der Waals surface area contributed by atoms with Crippen LogP contribution in [0, 0.1) is 0 Å². The number of piperidine rings is 1. The predicted molar refractivity (Wildman–Crippen MR) is 152 cm³/mol. The average molecular weight is 517 g/mol. The highest BCUT2D eigenvalue weighted by Crippen LogP contribution is 2.42. The maximum Gasteiger partial charge on any atom is 0.251 e. The summed E-state index contributed by atoms with van der Waals surface area (Å²) < 4.78 is 0. The summed E-state index contributed by atoms with van der Waals surface area (Å²) >= 11 is 0. The van der Waals surface area contributed by atoms with E-state index in [2.05, 4.69) is 52.2 Å². The van der Waals surface area contributed by atoms with Gasteiger partial charge >= 0.3 is 0 Å². The van der Waals surface area contributed by atoms with Crippen molar-refractivity contribution in [1.82, 2.24) is 15.2 Å². The molecule has 0 spiro atoms. The standard InChI is InChI=1S/C30H40N6O2/c1-4-24-30(38)34(3)26-11-12-27(32-28(26)36(24)23-7-5-6-8-23)35-18-13-20-19-21(9-10-25(20)35)29(37)31-22-14-16-33(2)17-15-22/h9-12,19,22-24H,4-8,13-18H2,1-3H3,(H,31,37)/t24-/m1/s1. The Hall–Kier alpha value is -3.13.